The predicted molar refractivity (Wildman–Crippen MR) is 77.6 cm³/mol. The number of nitrogens with zero attached hydrogens (tertiary/aromatic N) is 3. The van der Waals surface area contributed by atoms with Crippen molar-refractivity contribution in [3.63, 3.8) is 0 Å². The number of carbonyl (C=O) groups excluding carboxylic acids is 1. The van der Waals surface area contributed by atoms with Gasteiger partial charge in [0.1, 0.15) is 18.2 Å². The third-order valence-corrected chi connectivity index (χ3v) is 3.91. The molecular formula is C14H15F2N3O2S. The summed E-state index contributed by atoms with van der Waals surface area (Å²) in [5.74, 6) is -1.69. The van der Waals surface area contributed by atoms with E-state index in [4.69, 9.17) is 0 Å². The predicted octanol–water partition coefficient (Wildman–Crippen LogP) is 2.43. The highest BCUT2D eigenvalue weighted by atomic mass is 32.2. The number of benzene rings is 1. The molecule has 8 heteroatoms. The van der Waals surface area contributed by atoms with Crippen LogP contribution in [-0.2, 0) is 13.2 Å². The summed E-state index contributed by atoms with van der Waals surface area (Å²) in [6.45, 7) is 2.34. The van der Waals surface area contributed by atoms with Crippen LogP contribution in [0, 0.1) is 11.6 Å². The second kappa shape index (κ2) is 7.46. The number of rotatable bonds is 7. The summed E-state index contributed by atoms with van der Waals surface area (Å²) in [7, 11) is 0. The highest BCUT2D eigenvalue weighted by molar-refractivity contribution is 7.99. The molecule has 5 nitrogen and oxygen atoms in total. The van der Waals surface area contributed by atoms with Gasteiger partial charge in [-0.1, -0.05) is 18.7 Å². The summed E-state index contributed by atoms with van der Waals surface area (Å²) in [6, 6.07) is 2.86. The Morgan fingerprint density at radius 3 is 2.77 bits per heavy atom. The molecule has 22 heavy (non-hydrogen) atoms. The van der Waals surface area contributed by atoms with E-state index in [2.05, 4.69) is 10.2 Å². The number of carbonyl (C=O) groups is 1. The van der Waals surface area contributed by atoms with Gasteiger partial charge in [0.15, 0.2) is 16.8 Å². The molecule has 0 unspecified atom stereocenters. The molecule has 0 aliphatic rings. The number of halogens is 2. The van der Waals surface area contributed by atoms with Gasteiger partial charge in [0.05, 0.1) is 11.3 Å². The molecule has 0 fully saturated rings. The van der Waals surface area contributed by atoms with Gasteiger partial charge < -0.3 is 9.67 Å². The maximum atomic E-state index is 13.5. The van der Waals surface area contributed by atoms with Crippen molar-refractivity contribution < 1.29 is 18.7 Å². The van der Waals surface area contributed by atoms with Gasteiger partial charge >= 0.3 is 0 Å². The molecule has 0 amide bonds. The van der Waals surface area contributed by atoms with Crippen LogP contribution in [0.15, 0.2) is 23.4 Å². The van der Waals surface area contributed by atoms with Crippen molar-refractivity contribution in [2.24, 2.45) is 0 Å². The first-order valence-electron chi connectivity index (χ1n) is 6.70. The zero-order valence-corrected chi connectivity index (χ0v) is 12.7. The quantitative estimate of drug-likeness (QED) is 0.625. The standard InChI is InChI=1S/C14H15F2N3O2S/c1-2-5-19-13(7-20)17-18-14(19)22-8-12(21)10-4-3-9(15)6-11(10)16/h3-4,6,20H,2,5,7-8H2,1H3. The maximum Gasteiger partial charge on any atom is 0.191 e. The van der Waals surface area contributed by atoms with Crippen LogP contribution in [0.1, 0.15) is 29.5 Å². The van der Waals surface area contributed by atoms with E-state index in [1.165, 1.54) is 0 Å². The third kappa shape index (κ3) is 3.69. The molecule has 1 aromatic heterocycles. The molecule has 0 aliphatic carbocycles. The number of aromatic nitrogens is 3. The average Bonchev–Trinajstić information content (AvgIpc) is 2.87. The minimum Gasteiger partial charge on any atom is -0.388 e. The van der Waals surface area contributed by atoms with E-state index in [0.29, 0.717) is 23.6 Å². The molecule has 0 aliphatic heterocycles. The van der Waals surface area contributed by atoms with Gasteiger partial charge in [-0.3, -0.25) is 4.79 Å². The molecule has 1 N–H and O–H groups in total. The van der Waals surface area contributed by atoms with Gasteiger partial charge in [0, 0.05) is 12.6 Å². The zero-order valence-electron chi connectivity index (χ0n) is 11.9. The summed E-state index contributed by atoms with van der Waals surface area (Å²) in [6.07, 6.45) is 0.819. The summed E-state index contributed by atoms with van der Waals surface area (Å²) >= 11 is 1.11. The van der Waals surface area contributed by atoms with E-state index in [1.54, 1.807) is 4.57 Å². The number of hydrogen-bond acceptors (Lipinski definition) is 5. The van der Waals surface area contributed by atoms with Crippen LogP contribution in [0.25, 0.3) is 0 Å². The monoisotopic (exact) mass is 327 g/mol. The van der Waals surface area contributed by atoms with E-state index in [-0.39, 0.29) is 17.9 Å². The number of aliphatic hydroxyl groups is 1. The molecule has 1 heterocycles. The van der Waals surface area contributed by atoms with Gasteiger partial charge in [-0.05, 0) is 18.6 Å². The summed E-state index contributed by atoms with van der Waals surface area (Å²) in [5.41, 5.74) is -0.155. The average molecular weight is 327 g/mol. The van der Waals surface area contributed by atoms with Crippen LogP contribution >= 0.6 is 11.8 Å². The Labute approximate surface area is 130 Å². The van der Waals surface area contributed by atoms with Crippen molar-refractivity contribution in [2.75, 3.05) is 5.75 Å². The molecule has 0 spiro atoms. The fourth-order valence-corrected chi connectivity index (χ4v) is 2.78. The first kappa shape index (κ1) is 16.6. The molecule has 0 saturated carbocycles. The van der Waals surface area contributed by atoms with Gasteiger partial charge in [-0.15, -0.1) is 10.2 Å². The lowest BCUT2D eigenvalue weighted by atomic mass is 10.1. The van der Waals surface area contributed by atoms with Crippen molar-refractivity contribution in [2.45, 2.75) is 31.7 Å². The van der Waals surface area contributed by atoms with Crippen LogP contribution in [-0.4, -0.2) is 31.4 Å². The molecule has 118 valence electrons. The third-order valence-electron chi connectivity index (χ3n) is 2.95. The number of hydrogen-bond donors (Lipinski definition) is 1. The van der Waals surface area contributed by atoms with Crippen molar-refractivity contribution in [1.29, 1.82) is 0 Å². The fraction of sp³-hybridized carbons (Fsp3) is 0.357. The Morgan fingerprint density at radius 1 is 1.36 bits per heavy atom. The summed E-state index contributed by atoms with van der Waals surface area (Å²) < 4.78 is 28.1. The number of aliphatic hydroxyl groups excluding tert-OH is 1. The van der Waals surface area contributed by atoms with Crippen LogP contribution in [0.5, 0.6) is 0 Å². The Hall–Kier alpha value is -1.80. The fourth-order valence-electron chi connectivity index (χ4n) is 1.91. The van der Waals surface area contributed by atoms with Gasteiger partial charge in [0.2, 0.25) is 0 Å². The van der Waals surface area contributed by atoms with Crippen molar-refractivity contribution in [3.05, 3.63) is 41.2 Å². The molecular weight excluding hydrogens is 312 g/mol. The van der Waals surface area contributed by atoms with Gasteiger partial charge in [-0.2, -0.15) is 0 Å². The molecule has 0 radical (unpaired) electrons. The van der Waals surface area contributed by atoms with Crippen molar-refractivity contribution >= 4 is 17.5 Å². The van der Waals surface area contributed by atoms with Gasteiger partial charge in [-0.25, -0.2) is 8.78 Å². The second-order valence-corrected chi connectivity index (χ2v) is 5.49. The van der Waals surface area contributed by atoms with Crippen molar-refractivity contribution in [1.82, 2.24) is 14.8 Å². The lowest BCUT2D eigenvalue weighted by molar-refractivity contribution is 0.101. The highest BCUT2D eigenvalue weighted by Gasteiger charge is 2.16. The topological polar surface area (TPSA) is 68.0 Å². The first-order chi connectivity index (χ1) is 10.6. The Morgan fingerprint density at radius 2 is 2.14 bits per heavy atom. The molecule has 0 atom stereocenters. The first-order valence-corrected chi connectivity index (χ1v) is 7.69. The van der Waals surface area contributed by atoms with E-state index in [9.17, 15) is 18.7 Å². The SMILES string of the molecule is CCCn1c(CO)nnc1SCC(=O)c1ccc(F)cc1F. The lowest BCUT2D eigenvalue weighted by Crippen LogP contribution is -2.08. The largest absolute Gasteiger partial charge is 0.388 e. The number of ketones is 1. The van der Waals surface area contributed by atoms with Crippen molar-refractivity contribution in [3.8, 4) is 0 Å². The van der Waals surface area contributed by atoms with E-state index < -0.39 is 17.4 Å². The van der Waals surface area contributed by atoms with E-state index >= 15 is 0 Å². The Bertz CT molecular complexity index is 676. The molecule has 2 aromatic rings. The maximum absolute atomic E-state index is 13.5. The lowest BCUT2D eigenvalue weighted by Gasteiger charge is -2.07. The molecule has 1 aromatic carbocycles. The highest BCUT2D eigenvalue weighted by Crippen LogP contribution is 2.20. The second-order valence-electron chi connectivity index (χ2n) is 4.54. The van der Waals surface area contributed by atoms with Crippen LogP contribution in [0.2, 0.25) is 0 Å². The van der Waals surface area contributed by atoms with E-state index in [0.717, 1.165) is 30.3 Å². The minimum atomic E-state index is -0.878. The smallest absolute Gasteiger partial charge is 0.191 e. The van der Waals surface area contributed by atoms with E-state index in [1.807, 2.05) is 6.92 Å². The molecule has 0 bridgehead atoms. The number of thioether (sulfide) groups is 1. The van der Waals surface area contributed by atoms with Crippen LogP contribution in [0.3, 0.4) is 0 Å². The normalized spacial score (nSPS) is 10.9. The molecule has 0 saturated heterocycles. The molecule has 2 rings (SSSR count). The minimum absolute atomic E-state index is 0.0458. The summed E-state index contributed by atoms with van der Waals surface area (Å²) in [4.78, 5) is 12.0. The number of Topliss-reactive ketones (excluding diaryl/α,β-unsaturated/α-hetero) is 1. The van der Waals surface area contributed by atoms with Crippen LogP contribution < -0.4 is 0 Å². The Balaban J connectivity index is 2.09. The zero-order chi connectivity index (χ0) is 16.1. The van der Waals surface area contributed by atoms with Crippen LogP contribution in [0.4, 0.5) is 8.78 Å². The summed E-state index contributed by atoms with van der Waals surface area (Å²) in [5, 5.41) is 17.4. The van der Waals surface area contributed by atoms with Gasteiger partial charge in [0.25, 0.3) is 0 Å². The Kier molecular flexibility index (Phi) is 5.62.